The van der Waals surface area contributed by atoms with Crippen LogP contribution in [-0.2, 0) is 4.74 Å². The van der Waals surface area contributed by atoms with Crippen LogP contribution in [-0.4, -0.2) is 67.3 Å². The molecule has 1 atom stereocenters. The van der Waals surface area contributed by atoms with E-state index in [2.05, 4.69) is 9.80 Å². The number of ether oxygens (including phenoxy) is 1. The van der Waals surface area contributed by atoms with Gasteiger partial charge < -0.3 is 9.64 Å². The number of piperazine rings is 1. The third-order valence-corrected chi connectivity index (χ3v) is 5.63. The molecule has 3 saturated heterocycles. The summed E-state index contributed by atoms with van der Waals surface area (Å²) in [5, 5.41) is 0. The van der Waals surface area contributed by atoms with Crippen molar-refractivity contribution in [2.75, 3.05) is 44.2 Å². The van der Waals surface area contributed by atoms with E-state index < -0.39 is 0 Å². The van der Waals surface area contributed by atoms with E-state index in [4.69, 9.17) is 4.74 Å². The highest BCUT2D eigenvalue weighted by Gasteiger charge is 2.39. The number of benzene rings is 1. The lowest BCUT2D eigenvalue weighted by atomic mass is 9.99. The predicted octanol–water partition coefficient (Wildman–Crippen LogP) is 2.24. The number of halogens is 1. The van der Waals surface area contributed by atoms with Gasteiger partial charge in [-0.05, 0) is 43.5 Å². The molecule has 24 heavy (non-hydrogen) atoms. The highest BCUT2D eigenvalue weighted by Crippen LogP contribution is 2.28. The molecule has 130 valence electrons. The molecule has 1 amide bonds. The van der Waals surface area contributed by atoms with Gasteiger partial charge in [0, 0.05) is 44.5 Å². The molecule has 0 aromatic heterocycles. The molecule has 6 heteroatoms. The molecule has 0 bridgehead atoms. The Balaban J connectivity index is 1.35. The van der Waals surface area contributed by atoms with Gasteiger partial charge in [0.1, 0.15) is 12.4 Å². The van der Waals surface area contributed by atoms with Crippen molar-refractivity contribution in [3.8, 4) is 0 Å². The minimum Gasteiger partial charge on any atom is -0.447 e. The standard InChI is InChI=1S/C18H24FN3O2/c1-13-10-14(19)2-3-17(13)20-6-4-15(5-7-20)21-8-9-22-16(11-21)12-24-18(22)23/h2-3,10,15-16H,4-9,11-12H2,1H3. The molecule has 3 aliphatic heterocycles. The largest absolute Gasteiger partial charge is 0.447 e. The summed E-state index contributed by atoms with van der Waals surface area (Å²) in [7, 11) is 0. The first-order valence-corrected chi connectivity index (χ1v) is 8.80. The van der Waals surface area contributed by atoms with E-state index in [-0.39, 0.29) is 18.0 Å². The zero-order valence-electron chi connectivity index (χ0n) is 14.1. The fourth-order valence-corrected chi connectivity index (χ4v) is 4.29. The van der Waals surface area contributed by atoms with E-state index in [0.717, 1.165) is 56.8 Å². The maximum atomic E-state index is 13.3. The van der Waals surface area contributed by atoms with Crippen LogP contribution in [0.3, 0.4) is 0 Å². The second-order valence-corrected chi connectivity index (χ2v) is 7.07. The molecule has 5 nitrogen and oxygen atoms in total. The van der Waals surface area contributed by atoms with Crippen molar-refractivity contribution in [1.29, 1.82) is 0 Å². The number of piperidine rings is 1. The van der Waals surface area contributed by atoms with Crippen LogP contribution in [0.2, 0.25) is 0 Å². The summed E-state index contributed by atoms with van der Waals surface area (Å²) in [5.41, 5.74) is 2.15. The molecule has 0 saturated carbocycles. The van der Waals surface area contributed by atoms with Gasteiger partial charge in [-0.25, -0.2) is 9.18 Å². The Labute approximate surface area is 142 Å². The Morgan fingerprint density at radius 2 is 1.92 bits per heavy atom. The number of rotatable bonds is 2. The number of carbonyl (C=O) groups excluding carboxylic acids is 1. The number of carbonyl (C=O) groups is 1. The quantitative estimate of drug-likeness (QED) is 0.832. The molecule has 1 aromatic carbocycles. The zero-order chi connectivity index (χ0) is 16.7. The van der Waals surface area contributed by atoms with Crippen molar-refractivity contribution < 1.29 is 13.9 Å². The molecule has 0 spiro atoms. The van der Waals surface area contributed by atoms with Crippen LogP contribution in [0.4, 0.5) is 14.9 Å². The highest BCUT2D eigenvalue weighted by atomic mass is 19.1. The van der Waals surface area contributed by atoms with Gasteiger partial charge >= 0.3 is 6.09 Å². The fraction of sp³-hybridized carbons (Fsp3) is 0.611. The normalized spacial score (nSPS) is 25.8. The molecule has 1 aromatic rings. The van der Waals surface area contributed by atoms with Crippen LogP contribution < -0.4 is 4.90 Å². The summed E-state index contributed by atoms with van der Waals surface area (Å²) in [4.78, 5) is 18.4. The van der Waals surface area contributed by atoms with E-state index in [0.29, 0.717) is 12.6 Å². The van der Waals surface area contributed by atoms with Crippen molar-refractivity contribution in [2.45, 2.75) is 31.8 Å². The van der Waals surface area contributed by atoms with Crippen molar-refractivity contribution in [3.05, 3.63) is 29.6 Å². The average Bonchev–Trinajstić information content (AvgIpc) is 2.96. The summed E-state index contributed by atoms with van der Waals surface area (Å²) in [6, 6.07) is 5.84. The minimum absolute atomic E-state index is 0.152. The average molecular weight is 333 g/mol. The smallest absolute Gasteiger partial charge is 0.410 e. The van der Waals surface area contributed by atoms with Crippen molar-refractivity contribution >= 4 is 11.8 Å². The first kappa shape index (κ1) is 15.7. The fourth-order valence-electron chi connectivity index (χ4n) is 4.29. The van der Waals surface area contributed by atoms with Crippen LogP contribution in [0.25, 0.3) is 0 Å². The van der Waals surface area contributed by atoms with Gasteiger partial charge in [-0.3, -0.25) is 9.80 Å². The van der Waals surface area contributed by atoms with Gasteiger partial charge in [0.25, 0.3) is 0 Å². The third-order valence-electron chi connectivity index (χ3n) is 5.63. The van der Waals surface area contributed by atoms with E-state index in [1.807, 2.05) is 17.9 Å². The molecule has 0 aliphatic carbocycles. The maximum Gasteiger partial charge on any atom is 0.410 e. The second kappa shape index (κ2) is 6.24. The van der Waals surface area contributed by atoms with Gasteiger partial charge in [-0.1, -0.05) is 0 Å². The summed E-state index contributed by atoms with van der Waals surface area (Å²) in [6.45, 7) is 7.14. The molecule has 3 heterocycles. The van der Waals surface area contributed by atoms with Gasteiger partial charge in [-0.15, -0.1) is 0 Å². The SMILES string of the molecule is Cc1cc(F)ccc1N1CCC(N2CCN3C(=O)OCC3C2)CC1. The van der Waals surface area contributed by atoms with E-state index >= 15 is 0 Å². The minimum atomic E-state index is -0.169. The number of nitrogens with zero attached hydrogens (tertiary/aromatic N) is 3. The summed E-state index contributed by atoms with van der Waals surface area (Å²) >= 11 is 0. The molecular formula is C18H24FN3O2. The predicted molar refractivity (Wildman–Crippen MR) is 89.8 cm³/mol. The molecular weight excluding hydrogens is 309 g/mol. The van der Waals surface area contributed by atoms with E-state index in [1.54, 1.807) is 12.1 Å². The molecule has 4 rings (SSSR count). The Morgan fingerprint density at radius 3 is 2.67 bits per heavy atom. The van der Waals surface area contributed by atoms with E-state index in [1.165, 1.54) is 0 Å². The summed E-state index contributed by atoms with van der Waals surface area (Å²) in [6.07, 6.45) is 2.07. The van der Waals surface area contributed by atoms with Gasteiger partial charge in [0.2, 0.25) is 0 Å². The maximum absolute atomic E-state index is 13.3. The Kier molecular flexibility index (Phi) is 4.08. The van der Waals surface area contributed by atoms with Crippen LogP contribution >= 0.6 is 0 Å². The topological polar surface area (TPSA) is 36.0 Å². The summed E-state index contributed by atoms with van der Waals surface area (Å²) < 4.78 is 18.4. The van der Waals surface area contributed by atoms with Gasteiger partial charge in [-0.2, -0.15) is 0 Å². The second-order valence-electron chi connectivity index (χ2n) is 7.07. The number of hydrogen-bond donors (Lipinski definition) is 0. The number of fused-ring (bicyclic) bond motifs is 1. The molecule has 0 radical (unpaired) electrons. The lowest BCUT2D eigenvalue weighted by Crippen LogP contribution is -2.56. The van der Waals surface area contributed by atoms with Gasteiger partial charge in [0.15, 0.2) is 0 Å². The van der Waals surface area contributed by atoms with Crippen LogP contribution in [0, 0.1) is 12.7 Å². The molecule has 3 fully saturated rings. The molecule has 0 N–H and O–H groups in total. The molecule has 1 unspecified atom stereocenters. The zero-order valence-corrected chi connectivity index (χ0v) is 14.1. The van der Waals surface area contributed by atoms with E-state index in [9.17, 15) is 9.18 Å². The number of aryl methyl sites for hydroxylation is 1. The lowest BCUT2D eigenvalue weighted by Gasteiger charge is -2.44. The van der Waals surface area contributed by atoms with Crippen LogP contribution in [0.1, 0.15) is 18.4 Å². The summed E-state index contributed by atoms with van der Waals surface area (Å²) in [5.74, 6) is -0.169. The van der Waals surface area contributed by atoms with Crippen molar-refractivity contribution in [2.24, 2.45) is 0 Å². The van der Waals surface area contributed by atoms with Crippen LogP contribution in [0.5, 0.6) is 0 Å². The Morgan fingerprint density at radius 1 is 1.12 bits per heavy atom. The monoisotopic (exact) mass is 333 g/mol. The number of anilines is 1. The van der Waals surface area contributed by atoms with Crippen LogP contribution in [0.15, 0.2) is 18.2 Å². The molecule has 3 aliphatic rings. The number of cyclic esters (lactones) is 1. The first-order valence-electron chi connectivity index (χ1n) is 8.80. The van der Waals surface area contributed by atoms with Gasteiger partial charge in [0.05, 0.1) is 6.04 Å². The third kappa shape index (κ3) is 2.83. The van der Waals surface area contributed by atoms with Crippen molar-refractivity contribution in [1.82, 2.24) is 9.80 Å². The Hall–Kier alpha value is -1.82. The van der Waals surface area contributed by atoms with Crippen molar-refractivity contribution in [3.63, 3.8) is 0 Å². The first-order chi connectivity index (χ1) is 11.6. The number of amides is 1. The highest BCUT2D eigenvalue weighted by molar-refractivity contribution is 5.70. The Bertz CT molecular complexity index is 631. The lowest BCUT2D eigenvalue weighted by molar-refractivity contribution is 0.0778. The number of hydrogen-bond acceptors (Lipinski definition) is 4.